The maximum atomic E-state index is 13.3. The van der Waals surface area contributed by atoms with E-state index in [1.165, 1.54) is 6.92 Å². The number of carbonyl (C=O) groups excluding carboxylic acids is 1. The molecule has 0 saturated heterocycles. The monoisotopic (exact) mass is 317 g/mol. The third-order valence-corrected chi connectivity index (χ3v) is 3.44. The SMILES string of the molecule is CCc1ccc(C(=O)[C@@H](C)Oc2cc(F)ccc2[N+](=O)[O-])cc1. The summed E-state index contributed by atoms with van der Waals surface area (Å²) in [5.41, 5.74) is 1.15. The zero-order valence-corrected chi connectivity index (χ0v) is 12.8. The smallest absolute Gasteiger partial charge is 0.311 e. The number of hydrogen-bond acceptors (Lipinski definition) is 4. The zero-order valence-electron chi connectivity index (χ0n) is 12.8. The molecule has 0 aromatic heterocycles. The molecule has 6 heteroatoms. The molecule has 0 bridgehead atoms. The van der Waals surface area contributed by atoms with Gasteiger partial charge >= 0.3 is 5.69 Å². The van der Waals surface area contributed by atoms with Gasteiger partial charge in [-0.3, -0.25) is 14.9 Å². The fraction of sp³-hybridized carbons (Fsp3) is 0.235. The summed E-state index contributed by atoms with van der Waals surface area (Å²) in [6.07, 6.45) is -0.112. The Hall–Kier alpha value is -2.76. The molecule has 0 saturated carbocycles. The molecule has 0 fully saturated rings. The van der Waals surface area contributed by atoms with Crippen molar-refractivity contribution in [3.8, 4) is 5.75 Å². The van der Waals surface area contributed by atoms with E-state index in [4.69, 9.17) is 4.74 Å². The van der Waals surface area contributed by atoms with Gasteiger partial charge in [-0.25, -0.2) is 4.39 Å². The Morgan fingerprint density at radius 3 is 2.48 bits per heavy atom. The van der Waals surface area contributed by atoms with E-state index in [2.05, 4.69) is 0 Å². The maximum absolute atomic E-state index is 13.3. The summed E-state index contributed by atoms with van der Waals surface area (Å²) < 4.78 is 18.6. The number of halogens is 1. The van der Waals surface area contributed by atoms with Gasteiger partial charge in [-0.2, -0.15) is 0 Å². The predicted octanol–water partition coefficient (Wildman–Crippen LogP) is 3.95. The van der Waals surface area contributed by atoms with Gasteiger partial charge < -0.3 is 4.74 Å². The van der Waals surface area contributed by atoms with Crippen LogP contribution >= 0.6 is 0 Å². The molecule has 0 heterocycles. The third-order valence-electron chi connectivity index (χ3n) is 3.44. The Morgan fingerprint density at radius 1 is 1.26 bits per heavy atom. The van der Waals surface area contributed by atoms with Crippen molar-refractivity contribution < 1.29 is 18.8 Å². The molecular weight excluding hydrogens is 301 g/mol. The van der Waals surface area contributed by atoms with Crippen LogP contribution in [-0.4, -0.2) is 16.8 Å². The van der Waals surface area contributed by atoms with Crippen LogP contribution in [0.4, 0.5) is 10.1 Å². The summed E-state index contributed by atoms with van der Waals surface area (Å²) in [4.78, 5) is 22.6. The number of ketones is 1. The molecule has 1 atom stereocenters. The van der Waals surface area contributed by atoms with Crippen LogP contribution in [-0.2, 0) is 6.42 Å². The molecule has 0 aliphatic heterocycles. The lowest BCUT2D eigenvalue weighted by molar-refractivity contribution is -0.386. The van der Waals surface area contributed by atoms with Gasteiger partial charge in [-0.1, -0.05) is 31.2 Å². The number of ether oxygens (including phenoxy) is 1. The van der Waals surface area contributed by atoms with E-state index in [0.29, 0.717) is 5.56 Å². The number of Topliss-reactive ketones (excluding diaryl/α,β-unsaturated/α-hetero) is 1. The number of nitro benzene ring substituents is 1. The lowest BCUT2D eigenvalue weighted by atomic mass is 10.0. The Labute approximate surface area is 132 Å². The van der Waals surface area contributed by atoms with E-state index in [1.807, 2.05) is 19.1 Å². The number of hydrogen-bond donors (Lipinski definition) is 0. The molecule has 5 nitrogen and oxygen atoms in total. The minimum atomic E-state index is -0.969. The average molecular weight is 317 g/mol. The minimum absolute atomic E-state index is 0.263. The molecule has 0 unspecified atom stereocenters. The van der Waals surface area contributed by atoms with Gasteiger partial charge in [-0.15, -0.1) is 0 Å². The van der Waals surface area contributed by atoms with Crippen molar-refractivity contribution in [2.45, 2.75) is 26.4 Å². The predicted molar refractivity (Wildman–Crippen MR) is 83.3 cm³/mol. The quantitative estimate of drug-likeness (QED) is 0.459. The molecule has 2 aromatic carbocycles. The maximum Gasteiger partial charge on any atom is 0.311 e. The molecule has 120 valence electrons. The van der Waals surface area contributed by atoms with Gasteiger partial charge in [0.15, 0.2) is 6.10 Å². The number of rotatable bonds is 6. The molecular formula is C17H16FNO4. The van der Waals surface area contributed by atoms with Crippen LogP contribution in [0.25, 0.3) is 0 Å². The van der Waals surface area contributed by atoms with Crippen molar-refractivity contribution in [1.82, 2.24) is 0 Å². The first-order valence-corrected chi connectivity index (χ1v) is 7.16. The van der Waals surface area contributed by atoms with Crippen LogP contribution in [0.15, 0.2) is 42.5 Å². The Balaban J connectivity index is 2.20. The highest BCUT2D eigenvalue weighted by atomic mass is 19.1. The van der Waals surface area contributed by atoms with E-state index in [9.17, 15) is 19.3 Å². The second-order valence-electron chi connectivity index (χ2n) is 5.04. The van der Waals surface area contributed by atoms with Crippen LogP contribution in [0, 0.1) is 15.9 Å². The highest BCUT2D eigenvalue weighted by molar-refractivity contribution is 5.99. The van der Waals surface area contributed by atoms with Gasteiger partial charge in [-0.05, 0) is 25.0 Å². The van der Waals surface area contributed by atoms with Crippen LogP contribution in [0.1, 0.15) is 29.8 Å². The molecule has 0 spiro atoms. The van der Waals surface area contributed by atoms with Crippen LogP contribution in [0.2, 0.25) is 0 Å². The van der Waals surface area contributed by atoms with Gasteiger partial charge in [0.1, 0.15) is 5.82 Å². The second kappa shape index (κ2) is 7.00. The topological polar surface area (TPSA) is 69.4 Å². The number of nitro groups is 1. The van der Waals surface area contributed by atoms with Crippen LogP contribution in [0.3, 0.4) is 0 Å². The lowest BCUT2D eigenvalue weighted by Gasteiger charge is -2.14. The first kappa shape index (κ1) is 16.6. The van der Waals surface area contributed by atoms with E-state index in [-0.39, 0.29) is 17.2 Å². The Bertz CT molecular complexity index is 728. The molecule has 0 aliphatic rings. The number of carbonyl (C=O) groups is 1. The summed E-state index contributed by atoms with van der Waals surface area (Å²) >= 11 is 0. The van der Waals surface area contributed by atoms with Crippen molar-refractivity contribution in [1.29, 1.82) is 0 Å². The van der Waals surface area contributed by atoms with Gasteiger partial charge in [0.2, 0.25) is 11.5 Å². The number of aryl methyl sites for hydroxylation is 1. The summed E-state index contributed by atoms with van der Waals surface area (Å²) in [7, 11) is 0. The van der Waals surface area contributed by atoms with Crippen LogP contribution in [0.5, 0.6) is 5.75 Å². The fourth-order valence-corrected chi connectivity index (χ4v) is 2.12. The first-order chi connectivity index (χ1) is 10.9. The van der Waals surface area contributed by atoms with Crippen molar-refractivity contribution in [3.63, 3.8) is 0 Å². The van der Waals surface area contributed by atoms with Crippen molar-refractivity contribution in [3.05, 3.63) is 69.5 Å². The largest absolute Gasteiger partial charge is 0.475 e. The van der Waals surface area contributed by atoms with E-state index in [1.54, 1.807) is 12.1 Å². The molecule has 23 heavy (non-hydrogen) atoms. The average Bonchev–Trinajstić information content (AvgIpc) is 2.54. The second-order valence-corrected chi connectivity index (χ2v) is 5.04. The Morgan fingerprint density at radius 2 is 1.91 bits per heavy atom. The standard InChI is InChI=1S/C17H16FNO4/c1-3-12-4-6-13(7-5-12)17(20)11(2)23-16-10-14(18)8-9-15(16)19(21)22/h4-11H,3H2,1-2H3/t11-/m1/s1. The minimum Gasteiger partial charge on any atom is -0.475 e. The molecule has 2 aromatic rings. The first-order valence-electron chi connectivity index (χ1n) is 7.16. The summed E-state index contributed by atoms with van der Waals surface area (Å²) in [5.74, 6) is -1.26. The van der Waals surface area contributed by atoms with Crippen molar-refractivity contribution in [2.24, 2.45) is 0 Å². The summed E-state index contributed by atoms with van der Waals surface area (Å²) in [6.45, 7) is 3.48. The van der Waals surface area contributed by atoms with Gasteiger partial charge in [0.05, 0.1) is 4.92 Å². The third kappa shape index (κ3) is 3.91. The highest BCUT2D eigenvalue weighted by Gasteiger charge is 2.22. The zero-order chi connectivity index (χ0) is 17.0. The highest BCUT2D eigenvalue weighted by Crippen LogP contribution is 2.28. The normalized spacial score (nSPS) is 11.8. The van der Waals surface area contributed by atoms with Gasteiger partial charge in [0, 0.05) is 17.7 Å². The molecule has 0 aliphatic carbocycles. The molecule has 2 rings (SSSR count). The lowest BCUT2D eigenvalue weighted by Crippen LogP contribution is -2.24. The number of nitrogens with zero attached hydrogens (tertiary/aromatic N) is 1. The molecule has 0 radical (unpaired) electrons. The van der Waals surface area contributed by atoms with E-state index in [0.717, 1.165) is 30.2 Å². The van der Waals surface area contributed by atoms with Crippen molar-refractivity contribution >= 4 is 11.5 Å². The van der Waals surface area contributed by atoms with E-state index < -0.39 is 16.8 Å². The van der Waals surface area contributed by atoms with Crippen LogP contribution < -0.4 is 4.74 Å². The Kier molecular flexibility index (Phi) is 5.05. The summed E-state index contributed by atoms with van der Waals surface area (Å²) in [6, 6.07) is 9.93. The summed E-state index contributed by atoms with van der Waals surface area (Å²) in [5, 5.41) is 10.9. The fourth-order valence-electron chi connectivity index (χ4n) is 2.12. The molecule has 0 amide bonds. The van der Waals surface area contributed by atoms with Crippen molar-refractivity contribution in [2.75, 3.05) is 0 Å². The van der Waals surface area contributed by atoms with Gasteiger partial charge in [0.25, 0.3) is 0 Å². The van der Waals surface area contributed by atoms with E-state index >= 15 is 0 Å². The molecule has 0 N–H and O–H groups in total. The number of benzene rings is 2.